The van der Waals surface area contributed by atoms with Gasteiger partial charge in [-0.25, -0.2) is 4.39 Å². The number of aromatic nitrogens is 2. The van der Waals surface area contributed by atoms with Gasteiger partial charge < -0.3 is 14.7 Å². The molecule has 106 valence electrons. The average Bonchev–Trinajstić information content (AvgIpc) is 2.94. The lowest BCUT2D eigenvalue weighted by Crippen LogP contribution is -1.84. The van der Waals surface area contributed by atoms with E-state index in [9.17, 15) is 9.50 Å². The Bertz CT molecular complexity index is 820. The van der Waals surface area contributed by atoms with Crippen LogP contribution < -0.4 is 0 Å². The van der Waals surface area contributed by atoms with Crippen molar-refractivity contribution in [3.05, 3.63) is 46.7 Å². The zero-order valence-electron chi connectivity index (χ0n) is 10.4. The molecule has 2 aromatic carbocycles. The highest BCUT2D eigenvalue weighted by molar-refractivity contribution is 9.10. The molecule has 1 heterocycles. The lowest BCUT2D eigenvalue weighted by molar-refractivity contribution is 0.425. The van der Waals surface area contributed by atoms with Crippen molar-refractivity contribution in [2.75, 3.05) is 0 Å². The van der Waals surface area contributed by atoms with Crippen molar-refractivity contribution in [3.8, 4) is 34.3 Å². The van der Waals surface area contributed by atoms with E-state index in [4.69, 9.17) is 9.63 Å². The van der Waals surface area contributed by atoms with Gasteiger partial charge in [0.15, 0.2) is 11.6 Å². The highest BCUT2D eigenvalue weighted by atomic mass is 79.9. The fourth-order valence-corrected chi connectivity index (χ4v) is 2.14. The summed E-state index contributed by atoms with van der Waals surface area (Å²) < 4.78 is 19.2. The monoisotopic (exact) mass is 350 g/mol. The summed E-state index contributed by atoms with van der Waals surface area (Å²) in [6.45, 7) is 0. The SMILES string of the molecule is Oc1ccc(-c2noc(-c3cc(Br)ccc3O)n2)cc1F. The van der Waals surface area contributed by atoms with E-state index >= 15 is 0 Å². The minimum atomic E-state index is -0.774. The molecular weight excluding hydrogens is 343 g/mol. The summed E-state index contributed by atoms with van der Waals surface area (Å²) in [5.41, 5.74) is 0.720. The van der Waals surface area contributed by atoms with Crippen LogP contribution in [0.3, 0.4) is 0 Å². The first-order valence-corrected chi connectivity index (χ1v) is 6.65. The molecule has 2 N–H and O–H groups in total. The van der Waals surface area contributed by atoms with Gasteiger partial charge >= 0.3 is 0 Å². The number of nitrogens with zero attached hydrogens (tertiary/aromatic N) is 2. The zero-order chi connectivity index (χ0) is 15.0. The second kappa shape index (κ2) is 5.17. The molecule has 0 fully saturated rings. The van der Waals surface area contributed by atoms with E-state index < -0.39 is 11.6 Å². The molecule has 5 nitrogen and oxygen atoms in total. The normalized spacial score (nSPS) is 10.8. The minimum Gasteiger partial charge on any atom is -0.507 e. The van der Waals surface area contributed by atoms with Gasteiger partial charge in [0.1, 0.15) is 5.75 Å². The zero-order valence-corrected chi connectivity index (χ0v) is 12.0. The summed E-state index contributed by atoms with van der Waals surface area (Å²) >= 11 is 3.28. The Kier molecular flexibility index (Phi) is 3.34. The van der Waals surface area contributed by atoms with Crippen LogP contribution in [0.1, 0.15) is 0 Å². The van der Waals surface area contributed by atoms with E-state index in [1.54, 1.807) is 12.1 Å². The summed E-state index contributed by atoms with van der Waals surface area (Å²) in [4.78, 5) is 4.12. The van der Waals surface area contributed by atoms with Crippen LogP contribution in [0, 0.1) is 5.82 Å². The molecule has 0 aliphatic rings. The molecule has 0 saturated carbocycles. The Morgan fingerprint density at radius 3 is 2.57 bits per heavy atom. The van der Waals surface area contributed by atoms with Crippen LogP contribution in [0.2, 0.25) is 0 Å². The maximum atomic E-state index is 13.3. The summed E-state index contributed by atoms with van der Waals surface area (Å²) in [6.07, 6.45) is 0. The third kappa shape index (κ3) is 2.59. The quantitative estimate of drug-likeness (QED) is 0.736. The summed E-state index contributed by atoms with van der Waals surface area (Å²) in [7, 11) is 0. The standard InChI is InChI=1S/C14H8BrFN2O3/c15-8-2-4-11(19)9(6-8)14-17-13(18-21-14)7-1-3-12(20)10(16)5-7/h1-6,19-20H. The van der Waals surface area contributed by atoms with Crippen LogP contribution in [0.5, 0.6) is 11.5 Å². The van der Waals surface area contributed by atoms with Crippen molar-refractivity contribution in [1.82, 2.24) is 10.1 Å². The molecule has 0 radical (unpaired) electrons. The molecule has 0 atom stereocenters. The molecule has 0 amide bonds. The van der Waals surface area contributed by atoms with Crippen molar-refractivity contribution >= 4 is 15.9 Å². The van der Waals surface area contributed by atoms with E-state index in [0.29, 0.717) is 11.1 Å². The van der Waals surface area contributed by atoms with Crippen molar-refractivity contribution in [2.24, 2.45) is 0 Å². The molecule has 3 aromatic rings. The molecule has 0 aliphatic heterocycles. The van der Waals surface area contributed by atoms with E-state index in [-0.39, 0.29) is 17.5 Å². The topological polar surface area (TPSA) is 79.4 Å². The fourth-order valence-electron chi connectivity index (χ4n) is 1.78. The van der Waals surface area contributed by atoms with E-state index in [0.717, 1.165) is 10.5 Å². The van der Waals surface area contributed by atoms with Crippen molar-refractivity contribution in [3.63, 3.8) is 0 Å². The first-order valence-electron chi connectivity index (χ1n) is 5.86. The third-order valence-electron chi connectivity index (χ3n) is 2.82. The predicted octanol–water partition coefficient (Wildman–Crippen LogP) is 3.72. The van der Waals surface area contributed by atoms with Crippen molar-refractivity contribution in [1.29, 1.82) is 0 Å². The second-order valence-corrected chi connectivity index (χ2v) is 5.17. The van der Waals surface area contributed by atoms with Gasteiger partial charge in [-0.05, 0) is 36.4 Å². The van der Waals surface area contributed by atoms with Gasteiger partial charge in [0, 0.05) is 10.0 Å². The van der Waals surface area contributed by atoms with Crippen LogP contribution in [0.4, 0.5) is 4.39 Å². The van der Waals surface area contributed by atoms with Gasteiger partial charge in [0.05, 0.1) is 5.56 Å². The van der Waals surface area contributed by atoms with Crippen molar-refractivity contribution in [2.45, 2.75) is 0 Å². The Morgan fingerprint density at radius 1 is 1.05 bits per heavy atom. The molecule has 7 heteroatoms. The molecule has 0 saturated heterocycles. The lowest BCUT2D eigenvalue weighted by atomic mass is 10.2. The van der Waals surface area contributed by atoms with Gasteiger partial charge in [-0.3, -0.25) is 0 Å². The smallest absolute Gasteiger partial charge is 0.262 e. The van der Waals surface area contributed by atoms with Crippen LogP contribution in [0.15, 0.2) is 45.4 Å². The second-order valence-electron chi connectivity index (χ2n) is 4.25. The Labute approximate surface area is 126 Å². The first kappa shape index (κ1) is 13.6. The van der Waals surface area contributed by atoms with Crippen molar-refractivity contribution < 1.29 is 19.1 Å². The first-order chi connectivity index (χ1) is 10.0. The van der Waals surface area contributed by atoms with Crippen LogP contribution in [-0.4, -0.2) is 20.4 Å². The van der Waals surface area contributed by atoms with Crippen LogP contribution in [0.25, 0.3) is 22.8 Å². The Balaban J connectivity index is 2.03. The number of benzene rings is 2. The number of phenols is 2. The van der Waals surface area contributed by atoms with E-state index in [1.807, 2.05) is 0 Å². The highest BCUT2D eigenvalue weighted by Gasteiger charge is 2.15. The number of halogens is 2. The van der Waals surface area contributed by atoms with Gasteiger partial charge in [0.25, 0.3) is 5.89 Å². The average molecular weight is 351 g/mol. The number of hydrogen-bond donors (Lipinski definition) is 2. The van der Waals surface area contributed by atoms with E-state index in [2.05, 4.69) is 26.1 Å². The summed E-state index contributed by atoms with van der Waals surface area (Å²) in [5, 5.41) is 22.7. The Morgan fingerprint density at radius 2 is 1.81 bits per heavy atom. The molecule has 21 heavy (non-hydrogen) atoms. The number of rotatable bonds is 2. The molecule has 0 spiro atoms. The molecular formula is C14H8BrFN2O3. The lowest BCUT2D eigenvalue weighted by Gasteiger charge is -1.99. The maximum Gasteiger partial charge on any atom is 0.262 e. The largest absolute Gasteiger partial charge is 0.507 e. The third-order valence-corrected chi connectivity index (χ3v) is 3.31. The molecule has 3 rings (SSSR count). The maximum absolute atomic E-state index is 13.3. The molecule has 1 aromatic heterocycles. The van der Waals surface area contributed by atoms with Gasteiger partial charge in [-0.2, -0.15) is 4.98 Å². The highest BCUT2D eigenvalue weighted by Crippen LogP contribution is 2.32. The number of aromatic hydroxyl groups is 2. The van der Waals surface area contributed by atoms with E-state index in [1.165, 1.54) is 18.2 Å². The Hall–Kier alpha value is -2.41. The summed E-state index contributed by atoms with van der Waals surface area (Å²) in [6, 6.07) is 8.56. The fraction of sp³-hybridized carbons (Fsp3) is 0. The molecule has 0 unspecified atom stereocenters. The van der Waals surface area contributed by atoms with Crippen LogP contribution in [-0.2, 0) is 0 Å². The molecule has 0 aliphatic carbocycles. The van der Waals surface area contributed by atoms with Gasteiger partial charge in [-0.1, -0.05) is 21.1 Å². The number of hydrogen-bond acceptors (Lipinski definition) is 5. The molecule has 0 bridgehead atoms. The minimum absolute atomic E-state index is 0.00899. The van der Waals surface area contributed by atoms with Gasteiger partial charge in [-0.15, -0.1) is 0 Å². The van der Waals surface area contributed by atoms with Crippen LogP contribution >= 0.6 is 15.9 Å². The van der Waals surface area contributed by atoms with Gasteiger partial charge in [0.2, 0.25) is 5.82 Å². The number of phenolic OH excluding ortho intramolecular Hbond substituents is 2. The predicted molar refractivity (Wildman–Crippen MR) is 76.2 cm³/mol. The summed E-state index contributed by atoms with van der Waals surface area (Å²) in [5.74, 6) is -0.970.